The third kappa shape index (κ3) is 5.75. The van der Waals surface area contributed by atoms with Gasteiger partial charge in [-0.1, -0.05) is 42.8 Å². The van der Waals surface area contributed by atoms with Crippen molar-refractivity contribution in [1.29, 1.82) is 0 Å². The molecule has 2 atom stereocenters. The Kier molecular flexibility index (Phi) is 8.24. The monoisotopic (exact) mass is 529 g/mol. The molecule has 0 aromatic heterocycles. The number of hydrogen-bond donors (Lipinski definition) is 2. The van der Waals surface area contributed by atoms with Crippen molar-refractivity contribution in [3.05, 3.63) is 76.5 Å². The first-order valence-corrected chi connectivity index (χ1v) is 12.4. The molecule has 3 rings (SSSR count). The van der Waals surface area contributed by atoms with E-state index in [4.69, 9.17) is 6.42 Å². The highest BCUT2D eigenvalue weighted by atomic mass is 31.0. The number of aliphatic imine (C=N–C) groups is 1. The van der Waals surface area contributed by atoms with Gasteiger partial charge in [-0.05, 0) is 60.6 Å². The predicted molar refractivity (Wildman–Crippen MR) is 149 cm³/mol. The molecule has 8 heteroatoms. The number of terminal acetylenes is 1. The van der Waals surface area contributed by atoms with Crippen LogP contribution < -0.4 is 15.9 Å². The number of nitrogens with zero attached hydrogens (tertiary/aromatic N) is 1. The molecular weight excluding hydrogens is 497 g/mol. The first kappa shape index (κ1) is 28.5. The standard InChI is InChI=1S/C29H32F4N3P/c1-7-13-36-18(2)20-9-10-22(21-12-14-35-17-23(20)21)25(34-6)16-28(5,29(31,32)33)19-8-11-26(37)24(15-19)27(3,4)30/h1,8-12,14-15,35-36H,2,13,16-17,37H2,3-6H3. The van der Waals surface area contributed by atoms with Crippen LogP contribution in [-0.2, 0) is 17.6 Å². The van der Waals surface area contributed by atoms with Crippen molar-refractivity contribution in [1.82, 2.24) is 10.6 Å². The summed E-state index contributed by atoms with van der Waals surface area (Å²) in [5.41, 5.74) is 0.105. The number of nitrogens with one attached hydrogen (secondary N) is 2. The maximum atomic E-state index is 14.9. The fraction of sp³-hybridized carbons (Fsp3) is 0.345. The molecule has 2 aromatic rings. The van der Waals surface area contributed by atoms with Crippen molar-refractivity contribution < 1.29 is 17.6 Å². The number of hydrogen-bond acceptors (Lipinski definition) is 3. The quantitative estimate of drug-likeness (QED) is 0.191. The lowest BCUT2D eigenvalue weighted by atomic mass is 9.74. The highest BCUT2D eigenvalue weighted by Crippen LogP contribution is 2.45. The summed E-state index contributed by atoms with van der Waals surface area (Å²) < 4.78 is 59.1. The Morgan fingerprint density at radius 2 is 1.84 bits per heavy atom. The second-order valence-corrected chi connectivity index (χ2v) is 10.4. The minimum atomic E-state index is -4.62. The van der Waals surface area contributed by atoms with Gasteiger partial charge in [-0.15, -0.1) is 15.7 Å². The van der Waals surface area contributed by atoms with Crippen LogP contribution in [0.15, 0.2) is 48.1 Å². The molecule has 1 heterocycles. The molecule has 0 saturated heterocycles. The lowest BCUT2D eigenvalue weighted by molar-refractivity contribution is -0.183. The molecule has 0 bridgehead atoms. The van der Waals surface area contributed by atoms with Crippen LogP contribution in [0.25, 0.3) is 11.8 Å². The molecule has 3 nitrogen and oxygen atoms in total. The van der Waals surface area contributed by atoms with E-state index in [2.05, 4.69) is 37.4 Å². The number of fused-ring (bicyclic) bond motifs is 1. The molecule has 2 aromatic carbocycles. The minimum absolute atomic E-state index is 0.0115. The molecule has 0 radical (unpaired) electrons. The summed E-state index contributed by atoms with van der Waals surface area (Å²) in [6.45, 7) is 8.66. The fourth-order valence-corrected chi connectivity index (χ4v) is 5.07. The van der Waals surface area contributed by atoms with Crippen molar-refractivity contribution in [3.8, 4) is 12.3 Å². The summed E-state index contributed by atoms with van der Waals surface area (Å²) in [4.78, 5) is 4.32. The third-order valence-electron chi connectivity index (χ3n) is 6.79. The maximum Gasteiger partial charge on any atom is 0.398 e. The second-order valence-electron chi connectivity index (χ2n) is 9.75. The van der Waals surface area contributed by atoms with Crippen LogP contribution in [0.4, 0.5) is 17.6 Å². The molecule has 0 saturated carbocycles. The first-order chi connectivity index (χ1) is 17.2. The molecule has 196 valence electrons. The molecule has 37 heavy (non-hydrogen) atoms. The fourth-order valence-electron chi connectivity index (χ4n) is 4.55. The number of alkyl halides is 4. The van der Waals surface area contributed by atoms with Gasteiger partial charge >= 0.3 is 6.18 Å². The zero-order chi connectivity index (χ0) is 27.6. The highest BCUT2D eigenvalue weighted by molar-refractivity contribution is 7.27. The molecule has 0 spiro atoms. The Bertz CT molecular complexity index is 1300. The first-order valence-electron chi connectivity index (χ1n) is 11.8. The number of rotatable bonds is 8. The number of benzene rings is 2. The Morgan fingerprint density at radius 3 is 2.43 bits per heavy atom. The molecular formula is C29H32F4N3P. The Hall–Kier alpha value is -3.10. The van der Waals surface area contributed by atoms with E-state index >= 15 is 0 Å². The van der Waals surface area contributed by atoms with Gasteiger partial charge in [0.15, 0.2) is 0 Å². The molecule has 0 amide bonds. The van der Waals surface area contributed by atoms with Gasteiger partial charge in [-0.3, -0.25) is 4.99 Å². The van der Waals surface area contributed by atoms with Crippen LogP contribution in [0.2, 0.25) is 0 Å². The Balaban J connectivity index is 2.13. The van der Waals surface area contributed by atoms with E-state index in [1.54, 1.807) is 12.3 Å². The van der Waals surface area contributed by atoms with Gasteiger partial charge in [-0.25, -0.2) is 4.39 Å². The van der Waals surface area contributed by atoms with Gasteiger partial charge < -0.3 is 10.6 Å². The van der Waals surface area contributed by atoms with Crippen LogP contribution >= 0.6 is 9.24 Å². The minimum Gasteiger partial charge on any atom is -0.387 e. The van der Waals surface area contributed by atoms with E-state index in [0.29, 0.717) is 35.4 Å². The lowest BCUT2D eigenvalue weighted by Gasteiger charge is -2.35. The topological polar surface area (TPSA) is 36.4 Å². The summed E-state index contributed by atoms with van der Waals surface area (Å²) in [5, 5.41) is 6.74. The van der Waals surface area contributed by atoms with Gasteiger partial charge in [0.2, 0.25) is 0 Å². The van der Waals surface area contributed by atoms with Gasteiger partial charge in [0.25, 0.3) is 0 Å². The largest absolute Gasteiger partial charge is 0.398 e. The maximum absolute atomic E-state index is 14.9. The lowest BCUT2D eigenvalue weighted by Crippen LogP contribution is -2.42. The third-order valence-corrected chi connectivity index (χ3v) is 7.29. The van der Waals surface area contributed by atoms with Gasteiger partial charge in [0.05, 0.1) is 12.0 Å². The number of halogens is 4. The van der Waals surface area contributed by atoms with Gasteiger partial charge in [0.1, 0.15) is 5.67 Å². The average molecular weight is 530 g/mol. The van der Waals surface area contributed by atoms with Crippen molar-refractivity contribution in [3.63, 3.8) is 0 Å². The normalized spacial score (nSPS) is 15.3. The second kappa shape index (κ2) is 10.7. The summed E-state index contributed by atoms with van der Waals surface area (Å²) >= 11 is 0. The summed E-state index contributed by atoms with van der Waals surface area (Å²) in [5.74, 6) is 2.51. The van der Waals surface area contributed by atoms with Gasteiger partial charge in [-0.2, -0.15) is 13.2 Å². The van der Waals surface area contributed by atoms with Crippen molar-refractivity contribution in [2.24, 2.45) is 4.99 Å². The predicted octanol–water partition coefficient (Wildman–Crippen LogP) is 5.99. The van der Waals surface area contributed by atoms with E-state index in [-0.39, 0.29) is 11.1 Å². The average Bonchev–Trinajstić information content (AvgIpc) is 2.84. The molecule has 0 fully saturated rings. The Labute approximate surface area is 218 Å². The summed E-state index contributed by atoms with van der Waals surface area (Å²) in [6, 6.07) is 7.86. The molecule has 0 aliphatic carbocycles. The van der Waals surface area contributed by atoms with Crippen molar-refractivity contribution in [2.45, 2.75) is 51.0 Å². The van der Waals surface area contributed by atoms with E-state index in [1.807, 2.05) is 12.1 Å². The van der Waals surface area contributed by atoms with Gasteiger partial charge in [0, 0.05) is 42.5 Å². The summed E-state index contributed by atoms with van der Waals surface area (Å²) in [6.07, 6.45) is 3.90. The molecule has 1 aliphatic rings. The van der Waals surface area contributed by atoms with Crippen LogP contribution in [0.5, 0.6) is 0 Å². The van der Waals surface area contributed by atoms with E-state index < -0.39 is 23.7 Å². The SMILES string of the molecule is C#CCNC(=C)c1ccc(C(CC(C)(c2ccc(P)c(C(C)(C)F)c2)C(F)(F)F)=NC)c2c1CNC=C2. The molecule has 2 unspecified atom stereocenters. The zero-order valence-electron chi connectivity index (χ0n) is 21.5. The Morgan fingerprint density at radius 1 is 1.16 bits per heavy atom. The molecule has 2 N–H and O–H groups in total. The highest BCUT2D eigenvalue weighted by Gasteiger charge is 2.53. The van der Waals surface area contributed by atoms with E-state index in [0.717, 1.165) is 23.6 Å². The van der Waals surface area contributed by atoms with Crippen LogP contribution in [-0.4, -0.2) is 25.5 Å². The zero-order valence-corrected chi connectivity index (χ0v) is 22.6. The summed E-state index contributed by atoms with van der Waals surface area (Å²) in [7, 11) is 3.89. The smallest absolute Gasteiger partial charge is 0.387 e. The van der Waals surface area contributed by atoms with Crippen LogP contribution in [0.1, 0.15) is 60.6 Å². The van der Waals surface area contributed by atoms with Crippen molar-refractivity contribution >= 4 is 32.0 Å². The van der Waals surface area contributed by atoms with E-state index in [9.17, 15) is 17.6 Å². The van der Waals surface area contributed by atoms with Crippen molar-refractivity contribution in [2.75, 3.05) is 13.6 Å². The molecule has 1 aliphatic heterocycles. The van der Waals surface area contributed by atoms with E-state index in [1.165, 1.54) is 39.1 Å². The van der Waals surface area contributed by atoms with Crippen LogP contribution in [0, 0.1) is 12.3 Å². The van der Waals surface area contributed by atoms with Crippen LogP contribution in [0.3, 0.4) is 0 Å².